The summed E-state index contributed by atoms with van der Waals surface area (Å²) in [5, 5.41) is 0. The summed E-state index contributed by atoms with van der Waals surface area (Å²) in [5.74, 6) is 2.26. The first-order valence-corrected chi connectivity index (χ1v) is 10.7. The van der Waals surface area contributed by atoms with Crippen molar-refractivity contribution in [2.75, 3.05) is 41.8 Å². The van der Waals surface area contributed by atoms with E-state index in [2.05, 4.69) is 28.6 Å². The Morgan fingerprint density at radius 2 is 1.63 bits per heavy atom. The zero-order valence-electron chi connectivity index (χ0n) is 17.5. The molecule has 0 amide bonds. The Morgan fingerprint density at radius 1 is 0.900 bits per heavy atom. The van der Waals surface area contributed by atoms with Crippen molar-refractivity contribution >= 4 is 28.9 Å². The number of rotatable bonds is 3. The van der Waals surface area contributed by atoms with Crippen molar-refractivity contribution in [2.24, 2.45) is 0 Å². The molecule has 2 aliphatic heterocycles. The number of hydrogen-bond acceptors (Lipinski definition) is 8. The predicted molar refractivity (Wildman–Crippen MR) is 117 cm³/mol. The normalized spacial score (nSPS) is 22.6. The molecule has 2 aromatic heterocycles. The molecule has 2 atom stereocenters. The average Bonchev–Trinajstić information content (AvgIpc) is 3.11. The Hall–Kier alpha value is -2.94. The van der Waals surface area contributed by atoms with Gasteiger partial charge in [0.1, 0.15) is 0 Å². The maximum absolute atomic E-state index is 6.30. The summed E-state index contributed by atoms with van der Waals surface area (Å²) in [5.41, 5.74) is 8.01. The summed E-state index contributed by atoms with van der Waals surface area (Å²) in [6.45, 7) is 7.55. The smallest absolute Gasteiger partial charge is 0.243 e. The van der Waals surface area contributed by atoms with Gasteiger partial charge < -0.3 is 20.3 Å². The van der Waals surface area contributed by atoms with Crippen LogP contribution >= 0.6 is 0 Å². The first kappa shape index (κ1) is 19.0. The summed E-state index contributed by atoms with van der Waals surface area (Å²) in [7, 11) is 0. The molecule has 0 spiro atoms. The second-order valence-corrected chi connectivity index (χ2v) is 8.09. The monoisotopic (exact) mass is 408 g/mol. The van der Waals surface area contributed by atoms with Crippen LogP contribution in [0.5, 0.6) is 0 Å². The Morgan fingerprint density at radius 3 is 2.47 bits per heavy atom. The second kappa shape index (κ2) is 7.71. The topological polar surface area (TPSA) is 98.2 Å². The van der Waals surface area contributed by atoms with E-state index in [9.17, 15) is 0 Å². The fourth-order valence-corrected chi connectivity index (χ4v) is 4.28. The molecule has 30 heavy (non-hydrogen) atoms. The minimum atomic E-state index is 0.108. The van der Waals surface area contributed by atoms with Crippen LogP contribution in [0.2, 0.25) is 0 Å². The third-order valence-corrected chi connectivity index (χ3v) is 6.17. The van der Waals surface area contributed by atoms with Crippen molar-refractivity contribution in [3.05, 3.63) is 24.3 Å². The number of ether oxygens (including phenoxy) is 1. The summed E-state index contributed by atoms with van der Waals surface area (Å²) < 4.78 is 7.63. The molecule has 0 radical (unpaired) electrons. The average molecular weight is 409 g/mol. The third-order valence-electron chi connectivity index (χ3n) is 6.17. The number of nitrogen functional groups attached to an aromatic ring is 1. The predicted octanol–water partition coefficient (Wildman–Crippen LogP) is 2.40. The summed E-state index contributed by atoms with van der Waals surface area (Å²) in [4.78, 5) is 23.5. The van der Waals surface area contributed by atoms with Crippen LogP contribution in [0.4, 0.5) is 17.8 Å². The number of nitrogens with zero attached hydrogens (tertiary/aromatic N) is 7. The van der Waals surface area contributed by atoms with E-state index in [1.165, 1.54) is 6.42 Å². The number of fused-ring (bicyclic) bond motifs is 1. The van der Waals surface area contributed by atoms with Gasteiger partial charge in [0, 0.05) is 19.6 Å². The Balaban J connectivity index is 1.65. The van der Waals surface area contributed by atoms with E-state index in [1.54, 1.807) is 0 Å². The Kier molecular flexibility index (Phi) is 4.90. The van der Waals surface area contributed by atoms with E-state index in [4.69, 9.17) is 25.4 Å². The zero-order valence-corrected chi connectivity index (χ0v) is 17.5. The quantitative estimate of drug-likeness (QED) is 0.705. The van der Waals surface area contributed by atoms with Gasteiger partial charge >= 0.3 is 0 Å². The highest BCUT2D eigenvalue weighted by molar-refractivity contribution is 5.80. The molecular weight excluding hydrogens is 380 g/mol. The first-order valence-electron chi connectivity index (χ1n) is 10.7. The number of morpholine rings is 1. The van der Waals surface area contributed by atoms with E-state index in [0.717, 1.165) is 43.5 Å². The van der Waals surface area contributed by atoms with Crippen molar-refractivity contribution in [3.8, 4) is 5.95 Å². The SMILES string of the molecule is C[C@H]1OCCN(c2nc(N3CCCCC3)nc(-n3c(N)nc4ccccc43)n2)[C@H]1C. The van der Waals surface area contributed by atoms with Crippen molar-refractivity contribution in [3.63, 3.8) is 0 Å². The van der Waals surface area contributed by atoms with Gasteiger partial charge in [0.25, 0.3) is 0 Å². The first-order chi connectivity index (χ1) is 14.6. The molecule has 4 heterocycles. The van der Waals surface area contributed by atoms with Crippen LogP contribution in [-0.4, -0.2) is 62.9 Å². The van der Waals surface area contributed by atoms with Crippen molar-refractivity contribution in [1.29, 1.82) is 0 Å². The van der Waals surface area contributed by atoms with E-state index in [-0.39, 0.29) is 12.1 Å². The van der Waals surface area contributed by atoms with Crippen LogP contribution in [0.3, 0.4) is 0 Å². The fraction of sp³-hybridized carbons (Fsp3) is 0.524. The van der Waals surface area contributed by atoms with Gasteiger partial charge in [0.05, 0.1) is 29.8 Å². The Bertz CT molecular complexity index is 1040. The number of nitrogens with two attached hydrogens (primary N) is 1. The highest BCUT2D eigenvalue weighted by atomic mass is 16.5. The molecule has 2 N–H and O–H groups in total. The molecule has 5 rings (SSSR count). The highest BCUT2D eigenvalue weighted by Crippen LogP contribution is 2.27. The molecule has 0 saturated carbocycles. The van der Waals surface area contributed by atoms with Crippen LogP contribution < -0.4 is 15.5 Å². The molecule has 0 bridgehead atoms. The van der Waals surface area contributed by atoms with Crippen molar-refractivity contribution in [1.82, 2.24) is 24.5 Å². The van der Waals surface area contributed by atoms with Crippen molar-refractivity contribution < 1.29 is 4.74 Å². The molecule has 2 aliphatic rings. The lowest BCUT2D eigenvalue weighted by Gasteiger charge is -2.38. The number of anilines is 3. The lowest BCUT2D eigenvalue weighted by atomic mass is 10.1. The maximum Gasteiger partial charge on any atom is 0.243 e. The number of aromatic nitrogens is 5. The van der Waals surface area contributed by atoms with E-state index in [0.29, 0.717) is 30.4 Å². The molecule has 1 aromatic carbocycles. The molecule has 3 aromatic rings. The largest absolute Gasteiger partial charge is 0.375 e. The van der Waals surface area contributed by atoms with Gasteiger partial charge in [-0.3, -0.25) is 0 Å². The van der Waals surface area contributed by atoms with Gasteiger partial charge in [-0.15, -0.1) is 0 Å². The minimum absolute atomic E-state index is 0.108. The lowest BCUT2D eigenvalue weighted by molar-refractivity contribution is 0.0277. The van der Waals surface area contributed by atoms with Crippen LogP contribution in [0.15, 0.2) is 24.3 Å². The molecule has 0 unspecified atom stereocenters. The van der Waals surface area contributed by atoms with E-state index < -0.39 is 0 Å². The van der Waals surface area contributed by atoms with Crippen LogP contribution in [-0.2, 0) is 4.74 Å². The van der Waals surface area contributed by atoms with Gasteiger partial charge in [0.15, 0.2) is 0 Å². The van der Waals surface area contributed by atoms with Gasteiger partial charge in [-0.1, -0.05) is 12.1 Å². The molecule has 158 valence electrons. The number of benzene rings is 1. The van der Waals surface area contributed by atoms with Crippen molar-refractivity contribution in [2.45, 2.75) is 45.3 Å². The van der Waals surface area contributed by atoms with Crippen LogP contribution in [0, 0.1) is 0 Å². The van der Waals surface area contributed by atoms with Crippen LogP contribution in [0.25, 0.3) is 17.0 Å². The number of hydrogen-bond donors (Lipinski definition) is 1. The highest BCUT2D eigenvalue weighted by Gasteiger charge is 2.29. The summed E-state index contributed by atoms with van der Waals surface area (Å²) in [6.07, 6.45) is 3.66. The zero-order chi connectivity index (χ0) is 20.7. The lowest BCUT2D eigenvalue weighted by Crippen LogP contribution is -2.49. The van der Waals surface area contributed by atoms with Gasteiger partial charge in [-0.2, -0.15) is 15.0 Å². The number of para-hydroxylation sites is 2. The van der Waals surface area contributed by atoms with Gasteiger partial charge in [-0.05, 0) is 45.2 Å². The van der Waals surface area contributed by atoms with Gasteiger partial charge in [-0.25, -0.2) is 9.55 Å². The molecular formula is C21H28N8O. The molecule has 0 aliphatic carbocycles. The minimum Gasteiger partial charge on any atom is -0.375 e. The van der Waals surface area contributed by atoms with E-state index >= 15 is 0 Å². The molecule has 2 saturated heterocycles. The van der Waals surface area contributed by atoms with Crippen LogP contribution in [0.1, 0.15) is 33.1 Å². The second-order valence-electron chi connectivity index (χ2n) is 8.09. The number of imidazole rings is 1. The van der Waals surface area contributed by atoms with E-state index in [1.807, 2.05) is 28.8 Å². The maximum atomic E-state index is 6.30. The number of piperidine rings is 1. The molecule has 2 fully saturated rings. The molecule has 9 nitrogen and oxygen atoms in total. The fourth-order valence-electron chi connectivity index (χ4n) is 4.28. The summed E-state index contributed by atoms with van der Waals surface area (Å²) >= 11 is 0. The molecule has 9 heteroatoms. The third kappa shape index (κ3) is 3.32. The summed E-state index contributed by atoms with van der Waals surface area (Å²) in [6, 6.07) is 8.02. The Labute approximate surface area is 175 Å². The van der Waals surface area contributed by atoms with Gasteiger partial charge in [0.2, 0.25) is 23.8 Å². The standard InChI is InChI=1S/C21H28N8O/c1-14-15(2)30-13-12-28(14)20-24-19(27-10-6-3-7-11-27)25-21(26-20)29-17-9-5-4-8-16(17)23-18(29)22/h4-5,8-9,14-15H,3,6-7,10-13H2,1-2H3,(H2,22,23)/t14-,15+/m0/s1.